The van der Waals surface area contributed by atoms with Gasteiger partial charge in [0.2, 0.25) is 0 Å². The summed E-state index contributed by atoms with van der Waals surface area (Å²) in [5, 5.41) is 4.52. The number of amidine groups is 1. The molecule has 4 heterocycles. The first-order valence-electron chi connectivity index (χ1n) is 18.2. The number of aromatic nitrogens is 3. The second-order valence-corrected chi connectivity index (χ2v) is 17.1. The van der Waals surface area contributed by atoms with E-state index < -0.39 is 20.7 Å². The molecule has 6 nitrogen and oxygen atoms in total. The summed E-state index contributed by atoms with van der Waals surface area (Å²) in [6.07, 6.45) is 0. The van der Waals surface area contributed by atoms with Crippen molar-refractivity contribution in [2.75, 3.05) is 0 Å². The zero-order valence-electron chi connectivity index (χ0n) is 29.6. The number of halogens is 1. The van der Waals surface area contributed by atoms with E-state index in [1.165, 1.54) is 20.2 Å². The third-order valence-corrected chi connectivity index (χ3v) is 13.8. The molecule has 0 amide bonds. The molecular formula is C48H28IN5OS. The Morgan fingerprint density at radius 1 is 0.393 bits per heavy atom. The molecule has 3 aromatic heterocycles. The molecule has 1 aliphatic rings. The Bertz CT molecular complexity index is 3200. The highest BCUT2D eigenvalue weighted by molar-refractivity contribution is 14.2. The minimum Gasteiger partial charge on any atom is -0.456 e. The molecule has 11 rings (SSSR count). The number of thiophene rings is 1. The van der Waals surface area contributed by atoms with Crippen molar-refractivity contribution in [2.24, 2.45) is 9.98 Å². The largest absolute Gasteiger partial charge is 0.456 e. The average Bonchev–Trinajstić information content (AvgIpc) is 3.84. The van der Waals surface area contributed by atoms with Crippen LogP contribution in [0.1, 0.15) is 16.7 Å². The van der Waals surface area contributed by atoms with Gasteiger partial charge in [0.15, 0.2) is 23.3 Å². The number of aliphatic imine (C=N–C) groups is 2. The van der Waals surface area contributed by atoms with Crippen LogP contribution in [0.25, 0.3) is 76.3 Å². The zero-order chi connectivity index (χ0) is 37.0. The predicted octanol–water partition coefficient (Wildman–Crippen LogP) is 12.5. The lowest BCUT2D eigenvalue weighted by atomic mass is 10.1. The van der Waals surface area contributed by atoms with E-state index in [-0.39, 0.29) is 0 Å². The molecule has 264 valence electrons. The maximum Gasteiger partial charge on any atom is 0.164 e. The first kappa shape index (κ1) is 32.9. The highest BCUT2D eigenvalue weighted by Crippen LogP contribution is 2.38. The lowest BCUT2D eigenvalue weighted by molar-refractivity contribution is 0.669. The van der Waals surface area contributed by atoms with Gasteiger partial charge in [-0.15, -0.1) is 11.3 Å². The monoisotopic (exact) mass is 849 g/mol. The van der Waals surface area contributed by atoms with Crippen LogP contribution in [0.2, 0.25) is 0 Å². The predicted molar refractivity (Wildman–Crippen MR) is 240 cm³/mol. The lowest BCUT2D eigenvalue weighted by Crippen LogP contribution is -2.11. The van der Waals surface area contributed by atoms with Gasteiger partial charge in [-0.25, -0.2) is 24.9 Å². The average molecular weight is 850 g/mol. The molecule has 1 aliphatic heterocycles. The normalized spacial score (nSPS) is 13.1. The first-order valence-corrected chi connectivity index (χ1v) is 21.2. The molecule has 0 aliphatic carbocycles. The van der Waals surface area contributed by atoms with Gasteiger partial charge < -0.3 is 4.42 Å². The summed E-state index contributed by atoms with van der Waals surface area (Å²) in [6, 6.07) is 58.4. The van der Waals surface area contributed by atoms with Crippen LogP contribution in [0.3, 0.4) is 0 Å². The summed E-state index contributed by atoms with van der Waals surface area (Å²) in [7, 11) is 0. The minimum atomic E-state index is -0.617. The van der Waals surface area contributed by atoms with Crippen LogP contribution in [0.15, 0.2) is 184 Å². The number of furan rings is 1. The van der Waals surface area contributed by atoms with Gasteiger partial charge in [-0.1, -0.05) is 127 Å². The molecule has 7 aromatic carbocycles. The van der Waals surface area contributed by atoms with Gasteiger partial charge in [0.1, 0.15) is 18.5 Å². The molecule has 0 saturated heterocycles. The molecule has 0 N–H and O–H groups in total. The molecule has 56 heavy (non-hydrogen) atoms. The van der Waals surface area contributed by atoms with Crippen molar-refractivity contribution < 1.29 is 4.42 Å². The Kier molecular flexibility index (Phi) is 8.03. The highest BCUT2D eigenvalue weighted by Gasteiger charge is 2.19. The van der Waals surface area contributed by atoms with E-state index in [1.54, 1.807) is 11.3 Å². The van der Waals surface area contributed by atoms with Crippen molar-refractivity contribution in [3.63, 3.8) is 0 Å². The second kappa shape index (κ2) is 13.7. The fourth-order valence-electron chi connectivity index (χ4n) is 7.13. The Morgan fingerprint density at radius 3 is 1.75 bits per heavy atom. The van der Waals surface area contributed by atoms with E-state index in [4.69, 9.17) is 29.4 Å². The number of para-hydroxylation sites is 1. The molecule has 0 unspecified atom stereocenters. The Labute approximate surface area is 335 Å². The number of fused-ring (bicyclic) bond motifs is 6. The first-order chi connectivity index (χ1) is 27.7. The number of rotatable bonds is 6. The summed E-state index contributed by atoms with van der Waals surface area (Å²) in [4.78, 5) is 25.4. The standard InChI is InChI=1S/C48H28IN5OS/c1-4-12-29(13-5-1)43-49-44(51-45(50-43)30-14-6-2-7-15-30)32-20-24-37-38-26-33(22-25-41(38)56-42(37)28-32)47-52-46(31-16-8-3-9-17-31)53-48(54-47)34-21-23-36-35-18-10-11-19-39(35)55-40(36)27-34/h1-28H. The Hall–Kier alpha value is -6.49. The summed E-state index contributed by atoms with van der Waals surface area (Å²) in [5.74, 6) is 2.60. The van der Waals surface area contributed by atoms with Crippen molar-refractivity contribution in [1.29, 1.82) is 0 Å². The minimum absolute atomic E-state index is 0.595. The summed E-state index contributed by atoms with van der Waals surface area (Å²) in [5.41, 5.74) is 7.71. The topological polar surface area (TPSA) is 76.5 Å². The van der Waals surface area contributed by atoms with E-state index in [9.17, 15) is 0 Å². The molecule has 10 aromatic rings. The van der Waals surface area contributed by atoms with Crippen LogP contribution >= 0.6 is 32.1 Å². The van der Waals surface area contributed by atoms with Crippen LogP contribution in [0.5, 0.6) is 0 Å². The number of hydrogen-bond donors (Lipinski definition) is 0. The number of hydrogen-bond acceptors (Lipinski definition) is 7. The summed E-state index contributed by atoms with van der Waals surface area (Å²) < 4.78 is 10.9. The number of nitrogens with zero attached hydrogens (tertiary/aromatic N) is 5. The summed E-state index contributed by atoms with van der Waals surface area (Å²) >= 11 is 1.18. The molecule has 0 radical (unpaired) electrons. The van der Waals surface area contributed by atoms with Gasteiger partial charge in [0, 0.05) is 64.3 Å². The Balaban J connectivity index is 1.01. The van der Waals surface area contributed by atoms with Crippen LogP contribution in [-0.4, -0.2) is 28.1 Å². The number of benzene rings is 7. The van der Waals surface area contributed by atoms with E-state index in [2.05, 4.69) is 91.0 Å². The van der Waals surface area contributed by atoms with Gasteiger partial charge in [0.05, 0.1) is 0 Å². The van der Waals surface area contributed by atoms with Gasteiger partial charge in [0.25, 0.3) is 0 Å². The summed E-state index contributed by atoms with van der Waals surface area (Å²) in [6.45, 7) is 0. The quantitative estimate of drug-likeness (QED) is 0.156. The smallest absolute Gasteiger partial charge is 0.164 e. The molecular weight excluding hydrogens is 822 g/mol. The SMILES string of the molecule is c1ccc(C2=NC(c3ccccc3)=IC(c3ccc4c(c3)sc3ccc(-c5nc(-c6ccccc6)nc(-c6ccc7c(c6)oc6ccccc67)n5)cc34)=N2)cc1. The molecule has 0 bridgehead atoms. The molecule has 8 heteroatoms. The van der Waals surface area contributed by atoms with Crippen LogP contribution in [-0.2, 0) is 0 Å². The third-order valence-electron chi connectivity index (χ3n) is 9.90. The van der Waals surface area contributed by atoms with Crippen molar-refractivity contribution in [3.05, 3.63) is 187 Å². The van der Waals surface area contributed by atoms with E-state index in [0.717, 1.165) is 68.5 Å². The van der Waals surface area contributed by atoms with Gasteiger partial charge in [-0.3, -0.25) is 0 Å². The van der Waals surface area contributed by atoms with Crippen molar-refractivity contribution in [3.8, 4) is 34.2 Å². The second-order valence-electron chi connectivity index (χ2n) is 13.5. The Morgan fingerprint density at radius 2 is 0.982 bits per heavy atom. The molecule has 0 fully saturated rings. The van der Waals surface area contributed by atoms with E-state index >= 15 is 0 Å². The van der Waals surface area contributed by atoms with Crippen molar-refractivity contribution in [2.45, 2.75) is 0 Å². The fourth-order valence-corrected chi connectivity index (χ4v) is 10.8. The van der Waals surface area contributed by atoms with Gasteiger partial charge >= 0.3 is 0 Å². The maximum atomic E-state index is 6.24. The molecule has 0 atom stereocenters. The van der Waals surface area contributed by atoms with Gasteiger partial charge in [-0.05, 0) is 63.2 Å². The van der Waals surface area contributed by atoms with E-state index in [1.807, 2.05) is 78.9 Å². The van der Waals surface area contributed by atoms with Crippen LogP contribution in [0.4, 0.5) is 0 Å². The van der Waals surface area contributed by atoms with Crippen LogP contribution in [0, 0.1) is 0 Å². The third kappa shape index (κ3) is 5.94. The van der Waals surface area contributed by atoms with Crippen LogP contribution < -0.4 is 0 Å². The molecule has 0 spiro atoms. The lowest BCUT2D eigenvalue weighted by Gasteiger charge is -2.13. The zero-order valence-corrected chi connectivity index (χ0v) is 32.6. The highest BCUT2D eigenvalue weighted by atomic mass is 127. The fraction of sp³-hybridized carbons (Fsp3) is 0. The maximum absolute atomic E-state index is 6.24. The van der Waals surface area contributed by atoms with Gasteiger partial charge in [-0.2, -0.15) is 0 Å². The van der Waals surface area contributed by atoms with Crippen molar-refractivity contribution in [1.82, 2.24) is 15.0 Å². The molecule has 0 saturated carbocycles. The van der Waals surface area contributed by atoms with E-state index in [0.29, 0.717) is 17.5 Å². The van der Waals surface area contributed by atoms with Crippen molar-refractivity contribution >= 4 is 87.4 Å².